The molecule has 2 aromatic heterocycles. The molecule has 4 heterocycles. The number of fused-ring (bicyclic) bond motifs is 3. The first-order valence-corrected chi connectivity index (χ1v) is 7.29. The number of nitrogens with zero attached hydrogens (tertiary/aromatic N) is 2. The van der Waals surface area contributed by atoms with Crippen LogP contribution in [0, 0.1) is 0 Å². The summed E-state index contributed by atoms with van der Waals surface area (Å²) >= 11 is 0. The van der Waals surface area contributed by atoms with E-state index in [-0.39, 0.29) is 18.3 Å². The maximum Gasteiger partial charge on any atom is 0.255 e. The number of piperidine rings is 1. The molecule has 21 heavy (non-hydrogen) atoms. The fourth-order valence-electron chi connectivity index (χ4n) is 3.55. The van der Waals surface area contributed by atoms with E-state index in [0.29, 0.717) is 23.7 Å². The van der Waals surface area contributed by atoms with E-state index >= 15 is 0 Å². The SMILES string of the molecule is Cl.O=C(NC1CC2CCC(C1)N2)c1cnn2ccccc12. The van der Waals surface area contributed by atoms with Crippen molar-refractivity contribution in [2.24, 2.45) is 0 Å². The average molecular weight is 307 g/mol. The highest BCUT2D eigenvalue weighted by atomic mass is 35.5. The van der Waals surface area contributed by atoms with Crippen LogP contribution in [0.5, 0.6) is 0 Å². The van der Waals surface area contributed by atoms with Gasteiger partial charge in [0.05, 0.1) is 17.3 Å². The minimum Gasteiger partial charge on any atom is -0.349 e. The third kappa shape index (κ3) is 2.63. The van der Waals surface area contributed by atoms with E-state index in [9.17, 15) is 4.79 Å². The van der Waals surface area contributed by atoms with Crippen LogP contribution >= 0.6 is 12.4 Å². The van der Waals surface area contributed by atoms with Gasteiger partial charge in [0, 0.05) is 24.3 Å². The number of aromatic nitrogens is 2. The van der Waals surface area contributed by atoms with Crippen molar-refractivity contribution in [3.63, 3.8) is 0 Å². The number of carbonyl (C=O) groups excluding carboxylic acids is 1. The molecule has 2 unspecified atom stereocenters. The van der Waals surface area contributed by atoms with E-state index in [1.54, 1.807) is 10.7 Å². The largest absolute Gasteiger partial charge is 0.349 e. The zero-order valence-corrected chi connectivity index (χ0v) is 12.5. The number of rotatable bonds is 2. The second kappa shape index (κ2) is 5.66. The third-order valence-corrected chi connectivity index (χ3v) is 4.48. The molecule has 2 bridgehead atoms. The van der Waals surface area contributed by atoms with Crippen LogP contribution in [0.3, 0.4) is 0 Å². The van der Waals surface area contributed by atoms with Gasteiger partial charge in [-0.3, -0.25) is 4.79 Å². The Balaban J connectivity index is 0.00000132. The molecule has 0 aromatic carbocycles. The molecule has 0 aliphatic carbocycles. The van der Waals surface area contributed by atoms with Crippen LogP contribution in [0.4, 0.5) is 0 Å². The number of carbonyl (C=O) groups is 1. The van der Waals surface area contributed by atoms with E-state index in [0.717, 1.165) is 18.4 Å². The zero-order chi connectivity index (χ0) is 13.5. The van der Waals surface area contributed by atoms with Crippen molar-refractivity contribution in [3.05, 3.63) is 36.2 Å². The highest BCUT2D eigenvalue weighted by molar-refractivity contribution is 6.00. The molecule has 6 heteroatoms. The summed E-state index contributed by atoms with van der Waals surface area (Å²) in [6.45, 7) is 0. The standard InChI is InChI=1S/C15H18N4O.ClH/c20-15(13-9-16-19-6-2-1-3-14(13)19)18-12-7-10-4-5-11(8-12)17-10;/h1-3,6,9-12,17H,4-5,7-8H2,(H,18,20);1H. The Morgan fingerprint density at radius 3 is 2.81 bits per heavy atom. The Bertz CT molecular complexity index is 644. The van der Waals surface area contributed by atoms with Crippen LogP contribution in [0.1, 0.15) is 36.0 Å². The molecule has 2 saturated heterocycles. The molecule has 2 aliphatic heterocycles. The zero-order valence-electron chi connectivity index (χ0n) is 11.7. The molecule has 5 nitrogen and oxygen atoms in total. The Hall–Kier alpha value is -1.59. The lowest BCUT2D eigenvalue weighted by Gasteiger charge is -2.29. The molecule has 2 atom stereocenters. The number of amides is 1. The number of hydrogen-bond acceptors (Lipinski definition) is 3. The molecule has 2 aromatic rings. The van der Waals surface area contributed by atoms with Crippen LogP contribution in [0.2, 0.25) is 0 Å². The maximum atomic E-state index is 12.4. The summed E-state index contributed by atoms with van der Waals surface area (Å²) in [6.07, 6.45) is 8.08. The van der Waals surface area contributed by atoms with E-state index in [2.05, 4.69) is 15.7 Å². The predicted octanol–water partition coefficient (Wildman–Crippen LogP) is 1.77. The summed E-state index contributed by atoms with van der Waals surface area (Å²) in [5, 5.41) is 11.0. The van der Waals surface area contributed by atoms with Gasteiger partial charge in [-0.25, -0.2) is 4.52 Å². The minimum absolute atomic E-state index is 0. The van der Waals surface area contributed by atoms with Gasteiger partial charge < -0.3 is 10.6 Å². The van der Waals surface area contributed by atoms with Gasteiger partial charge in [-0.05, 0) is 37.8 Å². The fourth-order valence-corrected chi connectivity index (χ4v) is 3.55. The van der Waals surface area contributed by atoms with Gasteiger partial charge in [0.2, 0.25) is 0 Å². The number of halogens is 1. The number of nitrogens with one attached hydrogen (secondary N) is 2. The molecular weight excluding hydrogens is 288 g/mol. The average Bonchev–Trinajstić information content (AvgIpc) is 3.02. The molecule has 0 radical (unpaired) electrons. The quantitative estimate of drug-likeness (QED) is 0.889. The molecule has 2 fully saturated rings. The lowest BCUT2D eigenvalue weighted by molar-refractivity contribution is 0.0925. The van der Waals surface area contributed by atoms with Gasteiger partial charge in [0.15, 0.2) is 0 Å². The van der Waals surface area contributed by atoms with E-state index in [1.807, 2.05) is 24.4 Å². The highest BCUT2D eigenvalue weighted by Crippen LogP contribution is 2.27. The Kier molecular flexibility index (Phi) is 3.87. The molecule has 0 saturated carbocycles. The summed E-state index contributed by atoms with van der Waals surface area (Å²) in [6, 6.07) is 7.23. The normalized spacial score (nSPS) is 27.3. The summed E-state index contributed by atoms with van der Waals surface area (Å²) < 4.78 is 1.74. The second-order valence-electron chi connectivity index (χ2n) is 5.87. The second-order valence-corrected chi connectivity index (χ2v) is 5.87. The van der Waals surface area contributed by atoms with Crippen molar-refractivity contribution in [3.8, 4) is 0 Å². The van der Waals surface area contributed by atoms with Crippen molar-refractivity contribution in [1.29, 1.82) is 0 Å². The van der Waals surface area contributed by atoms with Crippen LogP contribution < -0.4 is 10.6 Å². The lowest BCUT2D eigenvalue weighted by Crippen LogP contribution is -2.48. The van der Waals surface area contributed by atoms with Gasteiger partial charge in [-0.2, -0.15) is 5.10 Å². The van der Waals surface area contributed by atoms with Crippen LogP contribution in [-0.4, -0.2) is 33.6 Å². The molecule has 2 N–H and O–H groups in total. The van der Waals surface area contributed by atoms with E-state index < -0.39 is 0 Å². The van der Waals surface area contributed by atoms with Crippen LogP contribution in [-0.2, 0) is 0 Å². The summed E-state index contributed by atoms with van der Waals surface area (Å²) in [7, 11) is 0. The maximum absolute atomic E-state index is 12.4. The van der Waals surface area contributed by atoms with Crippen LogP contribution in [0.25, 0.3) is 5.52 Å². The van der Waals surface area contributed by atoms with Crippen LogP contribution in [0.15, 0.2) is 30.6 Å². The third-order valence-electron chi connectivity index (χ3n) is 4.48. The van der Waals surface area contributed by atoms with Gasteiger partial charge >= 0.3 is 0 Å². The monoisotopic (exact) mass is 306 g/mol. The van der Waals surface area contributed by atoms with E-state index in [1.165, 1.54) is 12.8 Å². The molecule has 112 valence electrons. The van der Waals surface area contributed by atoms with Crippen molar-refractivity contribution in [2.75, 3.05) is 0 Å². The predicted molar refractivity (Wildman–Crippen MR) is 82.9 cm³/mol. The number of pyridine rings is 1. The van der Waals surface area contributed by atoms with Gasteiger partial charge in [0.25, 0.3) is 5.91 Å². The first-order valence-electron chi connectivity index (χ1n) is 7.29. The first-order chi connectivity index (χ1) is 9.79. The van der Waals surface area contributed by atoms with Crippen molar-refractivity contribution in [2.45, 2.75) is 43.8 Å². The lowest BCUT2D eigenvalue weighted by atomic mass is 9.99. The Morgan fingerprint density at radius 2 is 2.05 bits per heavy atom. The summed E-state index contributed by atoms with van der Waals surface area (Å²) in [4.78, 5) is 12.4. The molecule has 0 spiro atoms. The van der Waals surface area contributed by atoms with Gasteiger partial charge in [-0.15, -0.1) is 12.4 Å². The molecule has 4 rings (SSSR count). The molecular formula is C15H19ClN4O. The number of hydrogen-bond donors (Lipinski definition) is 2. The topological polar surface area (TPSA) is 58.4 Å². The highest BCUT2D eigenvalue weighted by Gasteiger charge is 2.34. The molecule has 1 amide bonds. The van der Waals surface area contributed by atoms with E-state index in [4.69, 9.17) is 0 Å². The smallest absolute Gasteiger partial charge is 0.255 e. The van der Waals surface area contributed by atoms with Gasteiger partial charge in [0.1, 0.15) is 0 Å². The first kappa shape index (κ1) is 14.4. The molecule has 2 aliphatic rings. The van der Waals surface area contributed by atoms with Crippen molar-refractivity contribution >= 4 is 23.8 Å². The Labute approximate surface area is 129 Å². The Morgan fingerprint density at radius 1 is 1.29 bits per heavy atom. The van der Waals surface area contributed by atoms with Crippen molar-refractivity contribution in [1.82, 2.24) is 20.2 Å². The summed E-state index contributed by atoms with van der Waals surface area (Å²) in [5.41, 5.74) is 1.53. The summed E-state index contributed by atoms with van der Waals surface area (Å²) in [5.74, 6) is -0.00231. The fraction of sp³-hybridized carbons (Fsp3) is 0.467. The van der Waals surface area contributed by atoms with Crippen molar-refractivity contribution < 1.29 is 4.79 Å². The minimum atomic E-state index is -0.00231. The van der Waals surface area contributed by atoms with Gasteiger partial charge in [-0.1, -0.05) is 6.07 Å².